The van der Waals surface area contributed by atoms with E-state index in [1.807, 2.05) is 18.2 Å². The van der Waals surface area contributed by atoms with Crippen molar-refractivity contribution in [1.82, 2.24) is 9.97 Å². The molecular formula is C17H15N3O3S. The third kappa shape index (κ3) is 3.36. The molecule has 0 atom stereocenters. The number of pyridine rings is 1. The summed E-state index contributed by atoms with van der Waals surface area (Å²) in [6.45, 7) is 0. The number of benzene rings is 1. The molecule has 0 fully saturated rings. The molecule has 0 aliphatic heterocycles. The number of aromatic nitrogens is 2. The first-order chi connectivity index (χ1) is 11.7. The lowest BCUT2D eigenvalue weighted by Gasteiger charge is -2.09. The second-order valence-electron chi connectivity index (χ2n) is 4.76. The van der Waals surface area contributed by atoms with Crippen LogP contribution in [0, 0.1) is 0 Å². The molecule has 2 aromatic heterocycles. The van der Waals surface area contributed by atoms with Crippen LogP contribution in [-0.2, 0) is 0 Å². The second-order valence-corrected chi connectivity index (χ2v) is 5.80. The fourth-order valence-electron chi connectivity index (χ4n) is 2.11. The van der Waals surface area contributed by atoms with E-state index in [1.54, 1.807) is 37.7 Å². The summed E-state index contributed by atoms with van der Waals surface area (Å²) in [5.74, 6) is 0.764. The summed E-state index contributed by atoms with van der Waals surface area (Å²) < 4.78 is 10.4. The normalized spacial score (nSPS) is 10.2. The zero-order valence-electron chi connectivity index (χ0n) is 13.1. The predicted octanol–water partition coefficient (Wildman–Crippen LogP) is 3.47. The van der Waals surface area contributed by atoms with Crippen molar-refractivity contribution in [2.45, 2.75) is 0 Å². The summed E-state index contributed by atoms with van der Waals surface area (Å²) >= 11 is 1.36. The SMILES string of the molecule is COc1ccc(C(=O)Nc2ncc(-c3ccccn3)s2)c(OC)c1. The van der Waals surface area contributed by atoms with Gasteiger partial charge in [-0.05, 0) is 24.3 Å². The fraction of sp³-hybridized carbons (Fsp3) is 0.118. The number of methoxy groups -OCH3 is 2. The van der Waals surface area contributed by atoms with E-state index in [0.717, 1.165) is 10.6 Å². The van der Waals surface area contributed by atoms with Gasteiger partial charge in [0.2, 0.25) is 0 Å². The zero-order valence-corrected chi connectivity index (χ0v) is 14.0. The summed E-state index contributed by atoms with van der Waals surface area (Å²) in [7, 11) is 3.07. The molecule has 0 radical (unpaired) electrons. The van der Waals surface area contributed by atoms with E-state index in [4.69, 9.17) is 9.47 Å². The number of amides is 1. The van der Waals surface area contributed by atoms with Crippen LogP contribution in [0.25, 0.3) is 10.6 Å². The minimum atomic E-state index is -0.295. The molecule has 3 aromatic rings. The van der Waals surface area contributed by atoms with Crippen molar-refractivity contribution < 1.29 is 14.3 Å². The lowest BCUT2D eigenvalue weighted by Crippen LogP contribution is -2.13. The predicted molar refractivity (Wildman–Crippen MR) is 92.8 cm³/mol. The molecule has 0 bridgehead atoms. The van der Waals surface area contributed by atoms with Crippen LogP contribution < -0.4 is 14.8 Å². The maximum absolute atomic E-state index is 12.5. The van der Waals surface area contributed by atoms with Gasteiger partial charge in [0.1, 0.15) is 11.5 Å². The Hall–Kier alpha value is -2.93. The Bertz CT molecular complexity index is 849. The number of hydrogen-bond acceptors (Lipinski definition) is 6. The molecule has 3 rings (SSSR count). The van der Waals surface area contributed by atoms with E-state index in [0.29, 0.717) is 22.2 Å². The van der Waals surface area contributed by atoms with Crippen LogP contribution in [0.5, 0.6) is 11.5 Å². The molecule has 122 valence electrons. The van der Waals surface area contributed by atoms with Crippen molar-refractivity contribution in [1.29, 1.82) is 0 Å². The monoisotopic (exact) mass is 341 g/mol. The molecule has 0 aliphatic carbocycles. The van der Waals surface area contributed by atoms with Crippen molar-refractivity contribution in [2.75, 3.05) is 19.5 Å². The van der Waals surface area contributed by atoms with Crippen molar-refractivity contribution >= 4 is 22.4 Å². The summed E-state index contributed by atoms with van der Waals surface area (Å²) in [4.78, 5) is 21.8. The van der Waals surface area contributed by atoms with E-state index < -0.39 is 0 Å². The van der Waals surface area contributed by atoms with E-state index in [2.05, 4.69) is 15.3 Å². The Morgan fingerprint density at radius 1 is 1.12 bits per heavy atom. The van der Waals surface area contributed by atoms with Crippen LogP contribution in [0.1, 0.15) is 10.4 Å². The van der Waals surface area contributed by atoms with Crippen LogP contribution in [0.15, 0.2) is 48.8 Å². The highest BCUT2D eigenvalue weighted by atomic mass is 32.1. The molecule has 0 unspecified atom stereocenters. The molecule has 1 amide bonds. The number of anilines is 1. The van der Waals surface area contributed by atoms with Crippen LogP contribution >= 0.6 is 11.3 Å². The number of hydrogen-bond donors (Lipinski definition) is 1. The number of nitrogens with one attached hydrogen (secondary N) is 1. The summed E-state index contributed by atoms with van der Waals surface area (Å²) in [5, 5.41) is 3.28. The van der Waals surface area contributed by atoms with Gasteiger partial charge >= 0.3 is 0 Å². The Labute approximate surface area is 143 Å². The standard InChI is InChI=1S/C17H15N3O3S/c1-22-11-6-7-12(14(9-11)23-2)16(21)20-17-19-10-15(24-17)13-5-3-4-8-18-13/h3-10H,1-2H3,(H,19,20,21). The molecular weight excluding hydrogens is 326 g/mol. The molecule has 7 heteroatoms. The van der Waals surface area contributed by atoms with Crippen LogP contribution in [0.2, 0.25) is 0 Å². The molecule has 0 saturated carbocycles. The maximum atomic E-state index is 12.5. The molecule has 2 heterocycles. The molecule has 0 spiro atoms. The average molecular weight is 341 g/mol. The van der Waals surface area contributed by atoms with Gasteiger partial charge in [0.15, 0.2) is 5.13 Å². The van der Waals surface area contributed by atoms with Gasteiger partial charge in [-0.3, -0.25) is 15.1 Å². The van der Waals surface area contributed by atoms with E-state index in [-0.39, 0.29) is 5.91 Å². The molecule has 0 aliphatic rings. The molecule has 1 N–H and O–H groups in total. The molecule has 24 heavy (non-hydrogen) atoms. The quantitative estimate of drug-likeness (QED) is 0.769. The van der Waals surface area contributed by atoms with Gasteiger partial charge < -0.3 is 9.47 Å². The maximum Gasteiger partial charge on any atom is 0.261 e. The van der Waals surface area contributed by atoms with Crippen molar-refractivity contribution in [3.05, 3.63) is 54.4 Å². The lowest BCUT2D eigenvalue weighted by molar-refractivity contribution is 0.102. The van der Waals surface area contributed by atoms with E-state index in [9.17, 15) is 4.79 Å². The lowest BCUT2D eigenvalue weighted by atomic mass is 10.2. The van der Waals surface area contributed by atoms with E-state index in [1.165, 1.54) is 18.4 Å². The minimum Gasteiger partial charge on any atom is -0.497 e. The number of carbonyl (C=O) groups excluding carboxylic acids is 1. The Balaban J connectivity index is 1.79. The Morgan fingerprint density at radius 3 is 2.71 bits per heavy atom. The topological polar surface area (TPSA) is 73.3 Å². The fourth-order valence-corrected chi connectivity index (χ4v) is 2.90. The van der Waals surface area contributed by atoms with Gasteiger partial charge in [-0.25, -0.2) is 4.98 Å². The second kappa shape index (κ2) is 7.10. The minimum absolute atomic E-state index is 0.295. The summed E-state index contributed by atoms with van der Waals surface area (Å²) in [6.07, 6.45) is 3.41. The average Bonchev–Trinajstić information content (AvgIpc) is 3.10. The highest BCUT2D eigenvalue weighted by Gasteiger charge is 2.15. The van der Waals surface area contributed by atoms with Crippen LogP contribution in [0.4, 0.5) is 5.13 Å². The third-order valence-electron chi connectivity index (χ3n) is 3.30. The van der Waals surface area contributed by atoms with Gasteiger partial charge in [0.25, 0.3) is 5.91 Å². The van der Waals surface area contributed by atoms with Crippen molar-refractivity contribution in [3.8, 4) is 22.1 Å². The van der Waals surface area contributed by atoms with Gasteiger partial charge in [0.05, 0.1) is 30.4 Å². The molecule has 6 nitrogen and oxygen atoms in total. The van der Waals surface area contributed by atoms with Crippen LogP contribution in [-0.4, -0.2) is 30.1 Å². The van der Waals surface area contributed by atoms with Gasteiger partial charge in [-0.15, -0.1) is 0 Å². The smallest absolute Gasteiger partial charge is 0.261 e. The first-order valence-corrected chi connectivity index (χ1v) is 7.93. The van der Waals surface area contributed by atoms with Crippen molar-refractivity contribution in [3.63, 3.8) is 0 Å². The first-order valence-electron chi connectivity index (χ1n) is 7.12. The zero-order chi connectivity index (χ0) is 16.9. The molecule has 1 aromatic carbocycles. The Kier molecular flexibility index (Phi) is 4.72. The number of rotatable bonds is 5. The first kappa shape index (κ1) is 15.9. The third-order valence-corrected chi connectivity index (χ3v) is 4.23. The summed E-state index contributed by atoms with van der Waals surface area (Å²) in [5.41, 5.74) is 1.23. The number of nitrogens with zero attached hydrogens (tertiary/aromatic N) is 2. The number of thiazole rings is 1. The van der Waals surface area contributed by atoms with Crippen LogP contribution in [0.3, 0.4) is 0 Å². The number of ether oxygens (including phenoxy) is 2. The Morgan fingerprint density at radius 2 is 2.00 bits per heavy atom. The van der Waals surface area contributed by atoms with Crippen molar-refractivity contribution in [2.24, 2.45) is 0 Å². The highest BCUT2D eigenvalue weighted by Crippen LogP contribution is 2.29. The summed E-state index contributed by atoms with van der Waals surface area (Å²) in [6, 6.07) is 10.7. The van der Waals surface area contributed by atoms with E-state index >= 15 is 0 Å². The largest absolute Gasteiger partial charge is 0.497 e. The van der Waals surface area contributed by atoms with Gasteiger partial charge in [-0.2, -0.15) is 0 Å². The highest BCUT2D eigenvalue weighted by molar-refractivity contribution is 7.19. The number of carbonyl (C=O) groups is 1. The molecule has 0 saturated heterocycles. The van der Waals surface area contributed by atoms with Gasteiger partial charge in [0, 0.05) is 18.5 Å². The van der Waals surface area contributed by atoms with Gasteiger partial charge in [-0.1, -0.05) is 17.4 Å².